The molecule has 0 bridgehead atoms. The number of hydrogen-bond acceptors (Lipinski definition) is 6. The molecular formula is C28H36N4O2S. The minimum atomic E-state index is -0.0560. The third kappa shape index (κ3) is 7.23. The Kier molecular flexibility index (Phi) is 9.99. The van der Waals surface area contributed by atoms with Crippen molar-refractivity contribution >= 4 is 22.7 Å². The molecule has 3 rings (SSSR count). The largest absolute Gasteiger partial charge is 0.486 e. The number of ether oxygens (including phenoxy) is 1. The van der Waals surface area contributed by atoms with Crippen molar-refractivity contribution in [2.75, 3.05) is 40.0 Å². The van der Waals surface area contributed by atoms with Crippen LogP contribution in [0.2, 0.25) is 0 Å². The Hall–Kier alpha value is -3.03. The summed E-state index contributed by atoms with van der Waals surface area (Å²) in [6.45, 7) is 8.49. The number of amides is 1. The van der Waals surface area contributed by atoms with Crippen molar-refractivity contribution in [3.05, 3.63) is 89.8 Å². The maximum absolute atomic E-state index is 13.4. The minimum absolute atomic E-state index is 0.0530. The summed E-state index contributed by atoms with van der Waals surface area (Å²) in [6.07, 6.45) is 4.40. The van der Waals surface area contributed by atoms with Gasteiger partial charge in [-0.05, 0) is 50.0 Å². The summed E-state index contributed by atoms with van der Waals surface area (Å²) in [5.41, 5.74) is 2.70. The van der Waals surface area contributed by atoms with Gasteiger partial charge in [0.1, 0.15) is 17.7 Å². The maximum atomic E-state index is 13.4. The quantitative estimate of drug-likeness (QED) is 0.379. The van der Waals surface area contributed by atoms with Crippen molar-refractivity contribution < 1.29 is 9.53 Å². The zero-order valence-electron chi connectivity index (χ0n) is 21.2. The van der Waals surface area contributed by atoms with Crippen LogP contribution in [0.5, 0.6) is 5.75 Å². The van der Waals surface area contributed by atoms with Crippen LogP contribution in [0.4, 0.5) is 0 Å². The summed E-state index contributed by atoms with van der Waals surface area (Å²) in [7, 11) is 3.92. The highest BCUT2D eigenvalue weighted by molar-refractivity contribution is 8.13. The summed E-state index contributed by atoms with van der Waals surface area (Å²) in [4.78, 5) is 22.0. The summed E-state index contributed by atoms with van der Waals surface area (Å²) in [5, 5.41) is 4.12. The smallest absolute Gasteiger partial charge is 0.257 e. The van der Waals surface area contributed by atoms with Crippen LogP contribution in [0.3, 0.4) is 0 Å². The zero-order valence-corrected chi connectivity index (χ0v) is 22.0. The van der Waals surface area contributed by atoms with Gasteiger partial charge in [-0.3, -0.25) is 4.79 Å². The van der Waals surface area contributed by atoms with Gasteiger partial charge in [0, 0.05) is 33.1 Å². The molecule has 0 aliphatic carbocycles. The number of carbonyl (C=O) groups excluding carboxylic acids is 1. The van der Waals surface area contributed by atoms with Crippen molar-refractivity contribution in [1.82, 2.24) is 15.1 Å². The van der Waals surface area contributed by atoms with Gasteiger partial charge < -0.3 is 19.9 Å². The molecule has 0 spiro atoms. The highest BCUT2D eigenvalue weighted by Crippen LogP contribution is 2.27. The molecule has 1 N–H and O–H groups in total. The summed E-state index contributed by atoms with van der Waals surface area (Å²) in [6, 6.07) is 18.3. The third-order valence-electron chi connectivity index (χ3n) is 5.97. The van der Waals surface area contributed by atoms with Gasteiger partial charge in [0.05, 0.1) is 10.6 Å². The fourth-order valence-electron chi connectivity index (χ4n) is 3.96. The molecule has 1 aliphatic rings. The first-order valence-electron chi connectivity index (χ1n) is 11.9. The van der Waals surface area contributed by atoms with Crippen LogP contribution < -0.4 is 10.1 Å². The Morgan fingerprint density at radius 1 is 1.23 bits per heavy atom. The molecule has 186 valence electrons. The predicted molar refractivity (Wildman–Crippen MR) is 147 cm³/mol. The lowest BCUT2D eigenvalue weighted by Crippen LogP contribution is -2.33. The molecule has 7 heteroatoms. The van der Waals surface area contributed by atoms with Crippen LogP contribution >= 0.6 is 11.8 Å². The van der Waals surface area contributed by atoms with E-state index in [1.54, 1.807) is 17.8 Å². The number of likely N-dealkylation sites (N-methyl/N-ethyl adjacent to an activating group) is 1. The van der Waals surface area contributed by atoms with Crippen molar-refractivity contribution in [1.29, 1.82) is 0 Å². The van der Waals surface area contributed by atoms with Crippen LogP contribution in [0.25, 0.3) is 0 Å². The maximum Gasteiger partial charge on any atom is 0.257 e. The standard InChI is InChI=1S/C28H36N4O2S/c1-6-25-27(30-21(2)35-5)31(4)17-18-32(28(25)33)20-22-11-10-14-24(19-22)34-26(15-16-29-3)23-12-8-7-9-13-23/h6-14,19,26,29H,1,15-18,20H2,2-5H3. The fourth-order valence-corrected chi connectivity index (χ4v) is 4.14. The number of thioether (sulfide) groups is 1. The van der Waals surface area contributed by atoms with E-state index in [2.05, 4.69) is 29.0 Å². The lowest BCUT2D eigenvalue weighted by atomic mass is 10.1. The van der Waals surface area contributed by atoms with E-state index in [1.165, 1.54) is 0 Å². The molecule has 2 aromatic rings. The van der Waals surface area contributed by atoms with Crippen molar-refractivity contribution in [2.24, 2.45) is 4.99 Å². The molecule has 35 heavy (non-hydrogen) atoms. The average molecular weight is 493 g/mol. The first kappa shape index (κ1) is 26.6. The normalized spacial score (nSPS) is 15.8. The van der Waals surface area contributed by atoms with Gasteiger partial charge in [-0.25, -0.2) is 4.99 Å². The topological polar surface area (TPSA) is 57.2 Å². The van der Waals surface area contributed by atoms with E-state index in [0.29, 0.717) is 31.0 Å². The van der Waals surface area contributed by atoms with Gasteiger partial charge in [-0.2, -0.15) is 0 Å². The highest BCUT2D eigenvalue weighted by atomic mass is 32.2. The average Bonchev–Trinajstić information content (AvgIpc) is 2.98. The Labute approximate surface area is 213 Å². The number of nitrogens with zero attached hydrogens (tertiary/aromatic N) is 3. The number of benzene rings is 2. The van der Waals surface area contributed by atoms with Gasteiger partial charge in [0.15, 0.2) is 0 Å². The second kappa shape index (κ2) is 13.2. The van der Waals surface area contributed by atoms with Crippen LogP contribution in [0.15, 0.2) is 83.6 Å². The Bertz CT molecular complexity index is 1070. The van der Waals surface area contributed by atoms with Crippen molar-refractivity contribution in [3.8, 4) is 5.75 Å². The van der Waals surface area contributed by atoms with E-state index in [-0.39, 0.29) is 12.0 Å². The molecule has 2 aromatic carbocycles. The molecule has 0 saturated heterocycles. The summed E-state index contributed by atoms with van der Waals surface area (Å²) in [5.74, 6) is 1.42. The number of carbonyl (C=O) groups is 1. The molecule has 6 nitrogen and oxygen atoms in total. The Balaban J connectivity index is 1.81. The van der Waals surface area contributed by atoms with Gasteiger partial charge >= 0.3 is 0 Å². The Morgan fingerprint density at radius 3 is 2.69 bits per heavy atom. The van der Waals surface area contributed by atoms with E-state index < -0.39 is 0 Å². The van der Waals surface area contributed by atoms with Crippen LogP contribution in [0, 0.1) is 0 Å². The highest BCUT2D eigenvalue weighted by Gasteiger charge is 2.26. The Morgan fingerprint density at radius 2 is 2.00 bits per heavy atom. The predicted octanol–water partition coefficient (Wildman–Crippen LogP) is 4.87. The minimum Gasteiger partial charge on any atom is -0.486 e. The SMILES string of the molecule is C=CC1=C(N=C(C)SC)N(C)CCN(Cc2cccc(OC(CCNC)c3ccccc3)c2)C1=O. The van der Waals surface area contributed by atoms with E-state index in [9.17, 15) is 4.79 Å². The van der Waals surface area contributed by atoms with E-state index in [4.69, 9.17) is 4.74 Å². The summed E-state index contributed by atoms with van der Waals surface area (Å²) < 4.78 is 6.42. The van der Waals surface area contributed by atoms with E-state index in [0.717, 1.165) is 34.9 Å². The first-order chi connectivity index (χ1) is 17.0. The molecule has 0 saturated carbocycles. The molecule has 0 aromatic heterocycles. The lowest BCUT2D eigenvalue weighted by molar-refractivity contribution is -0.127. The monoisotopic (exact) mass is 492 g/mol. The zero-order chi connectivity index (χ0) is 25.2. The van der Waals surface area contributed by atoms with Gasteiger partial charge in [-0.15, -0.1) is 11.8 Å². The second-order valence-corrected chi connectivity index (χ2v) is 9.48. The molecule has 0 radical (unpaired) electrons. The lowest BCUT2D eigenvalue weighted by Gasteiger charge is -2.23. The van der Waals surface area contributed by atoms with Crippen molar-refractivity contribution in [2.45, 2.75) is 26.0 Å². The third-order valence-corrected chi connectivity index (χ3v) is 6.65. The van der Waals surface area contributed by atoms with Crippen LogP contribution in [-0.4, -0.2) is 60.7 Å². The second-order valence-electron chi connectivity index (χ2n) is 8.48. The summed E-state index contributed by atoms with van der Waals surface area (Å²) >= 11 is 1.57. The number of nitrogens with one attached hydrogen (secondary N) is 1. The molecule has 1 atom stereocenters. The molecule has 1 amide bonds. The molecule has 1 unspecified atom stereocenters. The van der Waals surface area contributed by atoms with Gasteiger partial charge in [0.25, 0.3) is 5.91 Å². The molecule has 0 fully saturated rings. The molecule has 1 aliphatic heterocycles. The van der Waals surface area contributed by atoms with Crippen LogP contribution in [0.1, 0.15) is 30.6 Å². The molecule has 1 heterocycles. The number of rotatable bonds is 10. The number of hydrogen-bond donors (Lipinski definition) is 1. The first-order valence-corrected chi connectivity index (χ1v) is 13.1. The fraction of sp³-hybridized carbons (Fsp3) is 0.357. The molecular weight excluding hydrogens is 456 g/mol. The van der Waals surface area contributed by atoms with Gasteiger partial charge in [0.2, 0.25) is 0 Å². The van der Waals surface area contributed by atoms with E-state index >= 15 is 0 Å². The van der Waals surface area contributed by atoms with Crippen molar-refractivity contribution in [3.63, 3.8) is 0 Å². The number of aliphatic imine (C=N–C) groups is 1. The van der Waals surface area contributed by atoms with E-state index in [1.807, 2.05) is 79.5 Å². The van der Waals surface area contributed by atoms with Gasteiger partial charge in [-0.1, -0.05) is 55.1 Å². The van der Waals surface area contributed by atoms with Crippen LogP contribution in [-0.2, 0) is 11.3 Å².